The van der Waals surface area contributed by atoms with E-state index in [0.29, 0.717) is 12.2 Å². The molecular weight excluding hydrogens is 453 g/mol. The molecule has 174 valence electrons. The van der Waals surface area contributed by atoms with E-state index in [1.807, 2.05) is 32.0 Å². The molecule has 1 heterocycles. The van der Waals surface area contributed by atoms with Gasteiger partial charge in [-0.05, 0) is 47.6 Å². The molecule has 0 saturated heterocycles. The van der Waals surface area contributed by atoms with Crippen molar-refractivity contribution in [3.05, 3.63) is 81.0 Å². The van der Waals surface area contributed by atoms with Crippen LogP contribution in [-0.2, 0) is 13.1 Å². The number of benzene rings is 2. The molecule has 0 unspecified atom stereocenters. The molecule has 3 rings (SSSR count). The van der Waals surface area contributed by atoms with Crippen LogP contribution < -0.4 is 15.6 Å². The number of anilines is 2. The maximum atomic E-state index is 13.7. The normalized spacial score (nSPS) is 11.2. The van der Waals surface area contributed by atoms with Crippen LogP contribution in [0.25, 0.3) is 0 Å². The zero-order chi connectivity index (χ0) is 24.0. The minimum absolute atomic E-state index is 0.0446. The topological polar surface area (TPSA) is 68.5 Å². The minimum Gasteiger partial charge on any atom is -0.490 e. The van der Waals surface area contributed by atoms with Gasteiger partial charge < -0.3 is 14.6 Å². The summed E-state index contributed by atoms with van der Waals surface area (Å²) < 4.78 is 47.3. The van der Waals surface area contributed by atoms with Gasteiger partial charge in [-0.3, -0.25) is 9.79 Å². The number of hydrogen-bond donors (Lipinski definition) is 1. The number of nitrogens with one attached hydrogen (secondary N) is 1. The molecule has 0 radical (unpaired) electrons. The summed E-state index contributed by atoms with van der Waals surface area (Å²) in [6.07, 6.45) is 1.38. The summed E-state index contributed by atoms with van der Waals surface area (Å²) in [7, 11) is 1.32. The van der Waals surface area contributed by atoms with E-state index in [4.69, 9.17) is 4.74 Å². The number of rotatable bonds is 9. The van der Waals surface area contributed by atoms with E-state index in [1.165, 1.54) is 17.9 Å². The SMILES string of the molecule is CCSC=NCc1ccc(C)c(Nc2nc(=O)c(OC)cn2Cc2cc(F)c(F)c(F)c2)c1. The summed E-state index contributed by atoms with van der Waals surface area (Å²) >= 11 is 1.60. The number of aliphatic imine (C=N–C) groups is 1. The van der Waals surface area contributed by atoms with Crippen molar-refractivity contribution >= 4 is 28.9 Å². The third kappa shape index (κ3) is 6.16. The molecule has 1 aromatic heterocycles. The van der Waals surface area contributed by atoms with Gasteiger partial charge in [0.2, 0.25) is 11.7 Å². The van der Waals surface area contributed by atoms with Gasteiger partial charge in [0.25, 0.3) is 0 Å². The van der Waals surface area contributed by atoms with Crippen LogP contribution in [0.5, 0.6) is 5.75 Å². The van der Waals surface area contributed by atoms with Gasteiger partial charge in [-0.2, -0.15) is 4.98 Å². The van der Waals surface area contributed by atoms with Crippen LogP contribution in [-0.4, -0.2) is 28.0 Å². The Morgan fingerprint density at radius 1 is 1.18 bits per heavy atom. The predicted molar refractivity (Wildman–Crippen MR) is 125 cm³/mol. The molecule has 10 heteroatoms. The van der Waals surface area contributed by atoms with Crippen LogP contribution in [0.2, 0.25) is 0 Å². The fraction of sp³-hybridized carbons (Fsp3) is 0.261. The number of aryl methyl sites for hydroxylation is 1. The first-order valence-corrected chi connectivity index (χ1v) is 11.1. The highest BCUT2D eigenvalue weighted by molar-refractivity contribution is 8.12. The molecule has 0 aliphatic rings. The highest BCUT2D eigenvalue weighted by Gasteiger charge is 2.15. The van der Waals surface area contributed by atoms with Gasteiger partial charge in [-0.25, -0.2) is 13.2 Å². The molecule has 0 spiro atoms. The van der Waals surface area contributed by atoms with Gasteiger partial charge in [-0.15, -0.1) is 11.8 Å². The average molecular weight is 477 g/mol. The molecule has 1 N–H and O–H groups in total. The van der Waals surface area contributed by atoms with Gasteiger partial charge in [0.1, 0.15) is 0 Å². The lowest BCUT2D eigenvalue weighted by Gasteiger charge is -2.17. The molecule has 0 saturated carbocycles. The second-order valence-corrected chi connectivity index (χ2v) is 8.24. The first kappa shape index (κ1) is 24.4. The smallest absolute Gasteiger partial charge is 0.316 e. The minimum atomic E-state index is -1.54. The summed E-state index contributed by atoms with van der Waals surface area (Å²) in [5.41, 5.74) is 3.87. The monoisotopic (exact) mass is 476 g/mol. The average Bonchev–Trinajstić information content (AvgIpc) is 2.78. The van der Waals surface area contributed by atoms with Crippen LogP contribution in [0.15, 0.2) is 46.3 Å². The van der Waals surface area contributed by atoms with Gasteiger partial charge >= 0.3 is 5.56 Å². The number of methoxy groups -OCH3 is 1. The lowest BCUT2D eigenvalue weighted by Crippen LogP contribution is -2.19. The summed E-state index contributed by atoms with van der Waals surface area (Å²) in [4.78, 5) is 20.7. The Morgan fingerprint density at radius 3 is 2.58 bits per heavy atom. The van der Waals surface area contributed by atoms with Gasteiger partial charge in [-0.1, -0.05) is 19.1 Å². The van der Waals surface area contributed by atoms with E-state index in [1.54, 1.807) is 17.3 Å². The molecule has 0 aliphatic carbocycles. The van der Waals surface area contributed by atoms with Crippen LogP contribution in [0.1, 0.15) is 23.6 Å². The number of hydrogen-bond acceptors (Lipinski definition) is 6. The molecule has 2 aromatic carbocycles. The standard InChI is InChI=1S/C23H23F3N4O2S/c1-4-33-13-27-10-15-6-5-14(2)19(9-15)28-23-29-22(31)20(32-3)12-30(23)11-16-7-17(24)21(26)18(25)8-16/h5-9,12-13H,4,10-11H2,1-3H3,(H,28,29,31). The van der Waals surface area contributed by atoms with E-state index in [0.717, 1.165) is 29.0 Å². The fourth-order valence-corrected chi connectivity index (χ4v) is 3.35. The van der Waals surface area contributed by atoms with Crippen LogP contribution in [0.4, 0.5) is 24.8 Å². The van der Waals surface area contributed by atoms with Crippen molar-refractivity contribution in [1.29, 1.82) is 0 Å². The molecule has 3 aromatic rings. The third-order valence-electron chi connectivity index (χ3n) is 4.72. The van der Waals surface area contributed by atoms with Crippen LogP contribution >= 0.6 is 11.8 Å². The zero-order valence-electron chi connectivity index (χ0n) is 18.4. The molecule has 0 fully saturated rings. The van der Waals surface area contributed by atoms with Crippen molar-refractivity contribution in [2.75, 3.05) is 18.2 Å². The third-order valence-corrected chi connectivity index (χ3v) is 5.35. The second kappa shape index (κ2) is 11.0. The maximum Gasteiger partial charge on any atom is 0.316 e. The number of aromatic nitrogens is 2. The summed E-state index contributed by atoms with van der Waals surface area (Å²) in [6.45, 7) is 4.33. The maximum absolute atomic E-state index is 13.7. The van der Waals surface area contributed by atoms with Gasteiger partial charge in [0.15, 0.2) is 17.5 Å². The number of ether oxygens (including phenoxy) is 1. The Labute approximate surface area is 193 Å². The Bertz CT molecular complexity index is 1210. The highest BCUT2D eigenvalue weighted by atomic mass is 32.2. The first-order valence-electron chi connectivity index (χ1n) is 10.1. The quantitative estimate of drug-likeness (QED) is 0.266. The molecule has 6 nitrogen and oxygen atoms in total. The van der Waals surface area contributed by atoms with E-state index in [2.05, 4.69) is 15.3 Å². The lowest BCUT2D eigenvalue weighted by atomic mass is 10.1. The Kier molecular flexibility index (Phi) is 8.16. The van der Waals surface area contributed by atoms with Crippen molar-refractivity contribution in [2.24, 2.45) is 4.99 Å². The summed E-state index contributed by atoms with van der Waals surface area (Å²) in [5, 5.41) is 3.11. The molecule has 0 bridgehead atoms. The van der Waals surface area contributed by atoms with Crippen LogP contribution in [0, 0.1) is 24.4 Å². The largest absolute Gasteiger partial charge is 0.490 e. The number of thioether (sulfide) groups is 1. The molecular formula is C23H23F3N4O2S. The Balaban J connectivity index is 1.96. The predicted octanol–water partition coefficient (Wildman–Crippen LogP) is 5.05. The van der Waals surface area contributed by atoms with Crippen molar-refractivity contribution in [1.82, 2.24) is 9.55 Å². The van der Waals surface area contributed by atoms with E-state index in [9.17, 15) is 18.0 Å². The molecule has 0 amide bonds. The number of nitrogens with zero attached hydrogens (tertiary/aromatic N) is 3. The van der Waals surface area contributed by atoms with Crippen LogP contribution in [0.3, 0.4) is 0 Å². The van der Waals surface area contributed by atoms with Gasteiger partial charge in [0, 0.05) is 5.69 Å². The van der Waals surface area contributed by atoms with Crippen molar-refractivity contribution in [3.8, 4) is 5.75 Å². The highest BCUT2D eigenvalue weighted by Crippen LogP contribution is 2.23. The van der Waals surface area contributed by atoms with Gasteiger partial charge in [0.05, 0.1) is 31.9 Å². The fourth-order valence-electron chi connectivity index (χ4n) is 3.02. The zero-order valence-corrected chi connectivity index (χ0v) is 19.2. The summed E-state index contributed by atoms with van der Waals surface area (Å²) in [6, 6.07) is 7.54. The lowest BCUT2D eigenvalue weighted by molar-refractivity contribution is 0.402. The van der Waals surface area contributed by atoms with Crippen molar-refractivity contribution < 1.29 is 17.9 Å². The molecule has 0 aliphatic heterocycles. The second-order valence-electron chi connectivity index (χ2n) is 7.12. The number of halogens is 3. The van der Waals surface area contributed by atoms with Crippen molar-refractivity contribution in [3.63, 3.8) is 0 Å². The Morgan fingerprint density at radius 2 is 1.91 bits per heavy atom. The molecule has 0 atom stereocenters. The van der Waals surface area contributed by atoms with E-state index in [-0.39, 0.29) is 23.8 Å². The first-order chi connectivity index (χ1) is 15.8. The van der Waals surface area contributed by atoms with E-state index < -0.39 is 23.0 Å². The summed E-state index contributed by atoms with van der Waals surface area (Å²) in [5.74, 6) is -3.11. The van der Waals surface area contributed by atoms with E-state index >= 15 is 0 Å². The molecule has 33 heavy (non-hydrogen) atoms. The Hall–Kier alpha value is -3.27. The van der Waals surface area contributed by atoms with Crippen molar-refractivity contribution in [2.45, 2.75) is 26.9 Å².